The molecule has 0 spiro atoms. The monoisotopic (exact) mass is 611 g/mol. The Morgan fingerprint density at radius 1 is 1.34 bits per heavy atom. The molecule has 35 heavy (non-hydrogen) atoms. The van der Waals surface area contributed by atoms with Gasteiger partial charge < -0.3 is 16.2 Å². The van der Waals surface area contributed by atoms with Crippen molar-refractivity contribution < 1.29 is 31.5 Å². The maximum absolute atomic E-state index is 13.1. The number of aromatic nitrogens is 2. The minimum atomic E-state index is -5.08. The second-order valence-corrected chi connectivity index (χ2v) is 11.3. The molecule has 0 radical (unpaired) electrons. The average molecular weight is 612 g/mol. The van der Waals surface area contributed by atoms with Crippen molar-refractivity contribution in [2.24, 2.45) is 5.73 Å². The number of hydrogen-bond acceptors (Lipinski definition) is 9. The molecule has 5 N–H and O–H groups in total. The maximum Gasteiger partial charge on any atom is 0.490 e. The van der Waals surface area contributed by atoms with Crippen molar-refractivity contribution in [3.63, 3.8) is 0 Å². The summed E-state index contributed by atoms with van der Waals surface area (Å²) in [5.41, 5.74) is 6.49. The number of sulfone groups is 1. The number of alkyl halides is 3. The molecule has 9 nitrogen and oxygen atoms in total. The molecule has 16 heteroatoms. The summed E-state index contributed by atoms with van der Waals surface area (Å²) in [5, 5.41) is 17.8. The molecule has 0 aliphatic rings. The Bertz CT molecular complexity index is 1320. The van der Waals surface area contributed by atoms with Gasteiger partial charge in [0.2, 0.25) is 9.84 Å². The van der Waals surface area contributed by atoms with Crippen molar-refractivity contribution in [2.45, 2.75) is 26.7 Å². The number of hydrogen-bond donors (Lipinski definition) is 4. The Morgan fingerprint density at radius 2 is 2.00 bits per heavy atom. The number of nitrogen functional groups attached to an aromatic ring is 1. The highest BCUT2D eigenvalue weighted by molar-refractivity contribution is 9.10. The summed E-state index contributed by atoms with van der Waals surface area (Å²) in [6.45, 7) is 0.509. The van der Waals surface area contributed by atoms with Crippen LogP contribution in [0.1, 0.15) is 10.4 Å². The molecule has 0 atom stereocenters. The third kappa shape index (κ3) is 7.65. The number of rotatable bonds is 7. The fraction of sp³-hybridized carbons (Fsp3) is 0.158. The fourth-order valence-electron chi connectivity index (χ4n) is 2.33. The highest BCUT2D eigenvalue weighted by Crippen LogP contribution is 2.37. The SMILES string of the molecule is CSc1sc(C(=N)N)cc1S(=O)(=O)c1cnc(NCc2cccnc2)c(Br)c1.O=C(O)C(F)(F)F. The highest BCUT2D eigenvalue weighted by Gasteiger charge is 2.38. The maximum atomic E-state index is 13.1. The molecule has 3 heterocycles. The highest BCUT2D eigenvalue weighted by atomic mass is 79.9. The number of anilines is 1. The standard InChI is InChI=1S/C17H16BrN5O2S3.C2HF3O2/c1-26-17-14(6-13(27-17)15(19)20)28(24,25)11-5-12(18)16(23-9-11)22-8-10-3-2-4-21-7-10;3-2(4,5)1(6)7/h2-7,9H,8H2,1H3,(H3,19,20)(H,22,23);(H,6,7). The van der Waals surface area contributed by atoms with Gasteiger partial charge in [-0.15, -0.1) is 23.1 Å². The molecule has 0 bridgehead atoms. The second kappa shape index (κ2) is 11.8. The summed E-state index contributed by atoms with van der Waals surface area (Å²) in [4.78, 5) is 17.8. The first-order valence-corrected chi connectivity index (χ1v) is 13.4. The molecular weight excluding hydrogens is 595 g/mol. The lowest BCUT2D eigenvalue weighted by atomic mass is 10.3. The van der Waals surface area contributed by atoms with Crippen LogP contribution < -0.4 is 11.1 Å². The number of nitrogens with one attached hydrogen (secondary N) is 2. The van der Waals surface area contributed by atoms with Crippen molar-refractivity contribution in [3.05, 3.63) is 57.8 Å². The van der Waals surface area contributed by atoms with E-state index in [1.54, 1.807) is 18.6 Å². The molecule has 0 saturated carbocycles. The summed E-state index contributed by atoms with van der Waals surface area (Å²) in [6.07, 6.45) is 1.46. The van der Waals surface area contributed by atoms with E-state index in [0.717, 1.165) is 5.56 Å². The molecule has 0 aromatic carbocycles. The Morgan fingerprint density at radius 3 is 2.49 bits per heavy atom. The number of amidine groups is 1. The minimum Gasteiger partial charge on any atom is -0.475 e. The van der Waals surface area contributed by atoms with Gasteiger partial charge in [0.05, 0.1) is 23.4 Å². The summed E-state index contributed by atoms with van der Waals surface area (Å²) in [5.74, 6) is -2.38. The van der Waals surface area contributed by atoms with E-state index in [2.05, 4.69) is 31.2 Å². The molecule has 188 valence electrons. The van der Waals surface area contributed by atoms with Crippen molar-refractivity contribution in [3.8, 4) is 0 Å². The molecular formula is C19H17BrF3N5O4S3. The number of nitrogens with zero attached hydrogens (tertiary/aromatic N) is 2. The Balaban J connectivity index is 0.000000540. The number of pyridine rings is 2. The number of nitrogens with two attached hydrogens (primary N) is 1. The van der Waals surface area contributed by atoms with E-state index in [-0.39, 0.29) is 15.6 Å². The molecule has 3 aromatic rings. The first kappa shape index (κ1) is 28.5. The number of carbonyl (C=O) groups is 1. The van der Waals surface area contributed by atoms with Gasteiger partial charge >= 0.3 is 12.1 Å². The zero-order valence-corrected chi connectivity index (χ0v) is 21.7. The Labute approximate surface area is 214 Å². The molecule has 3 aromatic heterocycles. The van der Waals surface area contributed by atoms with Gasteiger partial charge in [0.15, 0.2) is 0 Å². The largest absolute Gasteiger partial charge is 0.490 e. The Hall–Kier alpha value is -2.69. The number of aliphatic carboxylic acids is 1. The zero-order chi connectivity index (χ0) is 26.4. The predicted molar refractivity (Wildman–Crippen MR) is 130 cm³/mol. The lowest BCUT2D eigenvalue weighted by Gasteiger charge is -2.10. The lowest BCUT2D eigenvalue weighted by Crippen LogP contribution is -2.21. The van der Waals surface area contributed by atoms with Crippen LogP contribution in [0.25, 0.3) is 0 Å². The summed E-state index contributed by atoms with van der Waals surface area (Å²) in [7, 11) is -3.79. The number of thiophene rings is 1. The van der Waals surface area contributed by atoms with Gasteiger partial charge in [-0.3, -0.25) is 10.4 Å². The van der Waals surface area contributed by atoms with Gasteiger partial charge in [0, 0.05) is 25.1 Å². The number of thioether (sulfide) groups is 1. The van der Waals surface area contributed by atoms with Gasteiger partial charge in [-0.05, 0) is 45.9 Å². The van der Waals surface area contributed by atoms with Crippen molar-refractivity contribution >= 4 is 66.5 Å². The van der Waals surface area contributed by atoms with E-state index in [4.69, 9.17) is 21.0 Å². The minimum absolute atomic E-state index is 0.0644. The molecule has 0 aliphatic heterocycles. The van der Waals surface area contributed by atoms with Crippen LogP contribution in [0.2, 0.25) is 0 Å². The van der Waals surface area contributed by atoms with Gasteiger partial charge in [-0.2, -0.15) is 13.2 Å². The van der Waals surface area contributed by atoms with E-state index in [9.17, 15) is 21.6 Å². The third-order valence-corrected chi connectivity index (χ3v) is 8.87. The van der Waals surface area contributed by atoms with Crippen molar-refractivity contribution in [1.82, 2.24) is 9.97 Å². The molecule has 0 amide bonds. The van der Waals surface area contributed by atoms with Crippen LogP contribution in [0, 0.1) is 5.41 Å². The summed E-state index contributed by atoms with van der Waals surface area (Å²) < 4.78 is 59.0. The number of carboxylic acids is 1. The topological polar surface area (TPSA) is 159 Å². The van der Waals surface area contributed by atoms with Crippen LogP contribution >= 0.6 is 39.0 Å². The number of halogens is 4. The number of carboxylic acid groups (broad SMARTS) is 1. The fourth-order valence-corrected chi connectivity index (χ4v) is 6.80. The van der Waals surface area contributed by atoms with E-state index >= 15 is 0 Å². The lowest BCUT2D eigenvalue weighted by molar-refractivity contribution is -0.192. The van der Waals surface area contributed by atoms with Crippen LogP contribution in [0.15, 0.2) is 61.3 Å². The third-order valence-electron chi connectivity index (χ3n) is 3.96. The first-order valence-electron chi connectivity index (χ1n) is 9.13. The molecule has 0 unspecified atom stereocenters. The van der Waals surface area contributed by atoms with Crippen molar-refractivity contribution in [1.29, 1.82) is 5.41 Å². The van der Waals surface area contributed by atoms with Gasteiger partial charge in [-0.1, -0.05) is 6.07 Å². The molecule has 3 rings (SSSR count). The van der Waals surface area contributed by atoms with E-state index in [0.29, 0.717) is 25.9 Å². The smallest absolute Gasteiger partial charge is 0.475 e. The average Bonchev–Trinajstić information content (AvgIpc) is 3.24. The molecule has 0 fully saturated rings. The predicted octanol–water partition coefficient (Wildman–Crippen LogP) is 4.38. The van der Waals surface area contributed by atoms with Gasteiger partial charge in [0.1, 0.15) is 11.7 Å². The van der Waals surface area contributed by atoms with Crippen LogP contribution in [-0.2, 0) is 21.2 Å². The molecule has 0 aliphatic carbocycles. The Kier molecular flexibility index (Phi) is 9.65. The molecule has 0 saturated heterocycles. The van der Waals surface area contributed by atoms with Crippen LogP contribution in [0.4, 0.5) is 19.0 Å². The van der Waals surface area contributed by atoms with Crippen molar-refractivity contribution in [2.75, 3.05) is 11.6 Å². The summed E-state index contributed by atoms with van der Waals surface area (Å²) in [6, 6.07) is 6.73. The van der Waals surface area contributed by atoms with Gasteiger partial charge in [-0.25, -0.2) is 18.2 Å². The van der Waals surface area contributed by atoms with Crippen LogP contribution in [-0.4, -0.2) is 47.7 Å². The normalized spacial score (nSPS) is 11.3. The summed E-state index contributed by atoms with van der Waals surface area (Å²) >= 11 is 5.88. The van der Waals surface area contributed by atoms with E-state index in [1.807, 2.05) is 12.1 Å². The van der Waals surface area contributed by atoms with E-state index < -0.39 is 22.0 Å². The first-order chi connectivity index (χ1) is 16.3. The quantitative estimate of drug-likeness (QED) is 0.173. The second-order valence-electron chi connectivity index (χ2n) is 6.40. The van der Waals surface area contributed by atoms with Gasteiger partial charge in [0.25, 0.3) is 0 Å². The van der Waals surface area contributed by atoms with Crippen LogP contribution in [0.3, 0.4) is 0 Å². The zero-order valence-electron chi connectivity index (χ0n) is 17.6. The van der Waals surface area contributed by atoms with Crippen LogP contribution in [0.5, 0.6) is 0 Å². The van der Waals surface area contributed by atoms with E-state index in [1.165, 1.54) is 41.4 Å².